The third-order valence-electron chi connectivity index (χ3n) is 4.11. The quantitative estimate of drug-likeness (QED) is 0.795. The Kier molecular flexibility index (Phi) is 7.10. The molecule has 24 heavy (non-hydrogen) atoms. The Labute approximate surface area is 150 Å². The number of halogens is 1. The van der Waals surface area contributed by atoms with Gasteiger partial charge >= 0.3 is 0 Å². The van der Waals surface area contributed by atoms with Gasteiger partial charge in [-0.2, -0.15) is 0 Å². The van der Waals surface area contributed by atoms with Crippen LogP contribution in [0, 0.1) is 12.8 Å². The molecule has 136 valence electrons. The van der Waals surface area contributed by atoms with Crippen LogP contribution in [0.2, 0.25) is 5.02 Å². The average Bonchev–Trinajstić information content (AvgIpc) is 2.45. The fourth-order valence-corrected chi connectivity index (χ4v) is 3.77. The van der Waals surface area contributed by atoms with Gasteiger partial charge in [0.05, 0.1) is 11.9 Å². The second kappa shape index (κ2) is 8.21. The van der Waals surface area contributed by atoms with E-state index in [1.807, 2.05) is 20.8 Å². The van der Waals surface area contributed by atoms with Crippen molar-refractivity contribution in [3.8, 4) is 0 Å². The SMILES string of the molecule is CC[C@@H](C(=O)N[C@@H](C)C(C)C)N(c1cc(Cl)ccc1C)S(C)(=O)=O. The van der Waals surface area contributed by atoms with Gasteiger partial charge in [0.2, 0.25) is 15.9 Å². The Bertz CT molecular complexity index is 689. The summed E-state index contributed by atoms with van der Waals surface area (Å²) in [6, 6.07) is 4.16. The molecule has 0 aromatic heterocycles. The zero-order valence-electron chi connectivity index (χ0n) is 15.1. The standard InChI is InChI=1S/C17H27ClN2O3S/c1-7-15(17(21)19-13(5)11(2)3)20(24(6,22)23)16-10-14(18)9-8-12(16)4/h8-11,13,15H,7H2,1-6H3,(H,19,21)/t13-,15-/m0/s1. The van der Waals surface area contributed by atoms with Crippen LogP contribution in [0.25, 0.3) is 0 Å². The number of nitrogens with zero attached hydrogens (tertiary/aromatic N) is 1. The van der Waals surface area contributed by atoms with Gasteiger partial charge in [-0.05, 0) is 43.9 Å². The number of carbonyl (C=O) groups is 1. The second-order valence-electron chi connectivity index (χ2n) is 6.45. The highest BCUT2D eigenvalue weighted by molar-refractivity contribution is 7.92. The van der Waals surface area contributed by atoms with Crippen molar-refractivity contribution in [3.05, 3.63) is 28.8 Å². The molecular weight excluding hydrogens is 348 g/mol. The molecule has 0 heterocycles. The predicted molar refractivity (Wildman–Crippen MR) is 100 cm³/mol. The van der Waals surface area contributed by atoms with Gasteiger partial charge in [0.15, 0.2) is 0 Å². The minimum Gasteiger partial charge on any atom is -0.352 e. The summed E-state index contributed by atoms with van der Waals surface area (Å²) in [4.78, 5) is 12.7. The molecule has 0 aliphatic heterocycles. The maximum Gasteiger partial charge on any atom is 0.244 e. The highest BCUT2D eigenvalue weighted by Crippen LogP contribution is 2.29. The molecule has 0 radical (unpaired) electrons. The maximum atomic E-state index is 12.7. The fourth-order valence-electron chi connectivity index (χ4n) is 2.34. The highest BCUT2D eigenvalue weighted by atomic mass is 35.5. The van der Waals surface area contributed by atoms with E-state index < -0.39 is 16.1 Å². The molecule has 5 nitrogen and oxygen atoms in total. The first-order valence-corrected chi connectivity index (χ1v) is 10.3. The van der Waals surface area contributed by atoms with E-state index in [0.29, 0.717) is 17.1 Å². The largest absolute Gasteiger partial charge is 0.352 e. The van der Waals surface area contributed by atoms with Crippen molar-refractivity contribution in [2.45, 2.75) is 53.1 Å². The summed E-state index contributed by atoms with van der Waals surface area (Å²) in [6.45, 7) is 9.50. The molecule has 1 N–H and O–H groups in total. The first-order chi connectivity index (χ1) is 11.0. The van der Waals surface area contributed by atoms with Crippen molar-refractivity contribution < 1.29 is 13.2 Å². The minimum atomic E-state index is -3.66. The monoisotopic (exact) mass is 374 g/mol. The van der Waals surface area contributed by atoms with E-state index in [2.05, 4.69) is 5.32 Å². The maximum absolute atomic E-state index is 12.7. The number of aryl methyl sites for hydroxylation is 1. The van der Waals surface area contributed by atoms with E-state index in [4.69, 9.17) is 11.6 Å². The Hall–Kier alpha value is -1.27. The van der Waals surface area contributed by atoms with Crippen LogP contribution in [0.3, 0.4) is 0 Å². The molecule has 0 unspecified atom stereocenters. The number of nitrogens with one attached hydrogen (secondary N) is 1. The zero-order chi connectivity index (χ0) is 18.7. The molecule has 7 heteroatoms. The summed E-state index contributed by atoms with van der Waals surface area (Å²) in [5.41, 5.74) is 1.18. The van der Waals surface area contributed by atoms with Gasteiger partial charge in [-0.25, -0.2) is 8.42 Å². The normalized spacial score (nSPS) is 14.3. The van der Waals surface area contributed by atoms with Crippen molar-refractivity contribution in [2.24, 2.45) is 5.92 Å². The fraction of sp³-hybridized carbons (Fsp3) is 0.588. The first kappa shape index (κ1) is 20.8. The van der Waals surface area contributed by atoms with Crippen LogP contribution < -0.4 is 9.62 Å². The number of hydrogen-bond acceptors (Lipinski definition) is 3. The van der Waals surface area contributed by atoms with Crippen LogP contribution in [0.15, 0.2) is 18.2 Å². The number of benzene rings is 1. The summed E-state index contributed by atoms with van der Waals surface area (Å²) in [5, 5.41) is 3.33. The number of carbonyl (C=O) groups excluding carboxylic acids is 1. The van der Waals surface area contributed by atoms with Crippen molar-refractivity contribution in [1.82, 2.24) is 5.32 Å². The van der Waals surface area contributed by atoms with Gasteiger partial charge in [0.25, 0.3) is 0 Å². The van der Waals surface area contributed by atoms with Crippen LogP contribution in [-0.2, 0) is 14.8 Å². The van der Waals surface area contributed by atoms with Crippen LogP contribution in [-0.4, -0.2) is 32.7 Å². The van der Waals surface area contributed by atoms with Gasteiger partial charge in [-0.3, -0.25) is 9.10 Å². The number of rotatable bonds is 7. The Morgan fingerprint density at radius 1 is 1.29 bits per heavy atom. The molecule has 0 fully saturated rings. The van der Waals surface area contributed by atoms with E-state index in [-0.39, 0.29) is 17.9 Å². The molecule has 0 saturated carbocycles. The smallest absolute Gasteiger partial charge is 0.244 e. The van der Waals surface area contributed by atoms with Crippen molar-refractivity contribution in [3.63, 3.8) is 0 Å². The van der Waals surface area contributed by atoms with Gasteiger partial charge in [0, 0.05) is 11.1 Å². The highest BCUT2D eigenvalue weighted by Gasteiger charge is 2.33. The summed E-state index contributed by atoms with van der Waals surface area (Å²) in [6.07, 6.45) is 1.46. The molecule has 0 saturated heterocycles. The molecule has 0 aliphatic carbocycles. The Morgan fingerprint density at radius 3 is 2.33 bits per heavy atom. The van der Waals surface area contributed by atoms with E-state index in [0.717, 1.165) is 11.8 Å². The minimum absolute atomic E-state index is 0.0478. The topological polar surface area (TPSA) is 66.5 Å². The molecule has 1 rings (SSSR count). The third-order valence-corrected chi connectivity index (χ3v) is 5.51. The molecule has 0 aliphatic rings. The lowest BCUT2D eigenvalue weighted by molar-refractivity contribution is -0.123. The van der Waals surface area contributed by atoms with Crippen LogP contribution >= 0.6 is 11.6 Å². The summed E-state index contributed by atoms with van der Waals surface area (Å²) >= 11 is 6.04. The number of anilines is 1. The van der Waals surface area contributed by atoms with E-state index in [1.165, 1.54) is 4.31 Å². The van der Waals surface area contributed by atoms with Crippen molar-refractivity contribution >= 4 is 33.2 Å². The second-order valence-corrected chi connectivity index (χ2v) is 8.75. The van der Waals surface area contributed by atoms with Gasteiger partial charge in [-0.15, -0.1) is 0 Å². The van der Waals surface area contributed by atoms with Crippen LogP contribution in [0.4, 0.5) is 5.69 Å². The number of sulfonamides is 1. The Balaban J connectivity index is 3.33. The number of hydrogen-bond donors (Lipinski definition) is 1. The van der Waals surface area contributed by atoms with Crippen molar-refractivity contribution in [1.29, 1.82) is 0 Å². The lowest BCUT2D eigenvalue weighted by Crippen LogP contribution is -2.52. The summed E-state index contributed by atoms with van der Waals surface area (Å²) in [5.74, 6) is -0.0467. The lowest BCUT2D eigenvalue weighted by Gasteiger charge is -2.32. The van der Waals surface area contributed by atoms with Gasteiger partial charge in [-0.1, -0.05) is 38.4 Å². The Morgan fingerprint density at radius 2 is 1.88 bits per heavy atom. The van der Waals surface area contributed by atoms with Gasteiger partial charge < -0.3 is 5.32 Å². The molecule has 1 aromatic rings. The lowest BCUT2D eigenvalue weighted by atomic mass is 10.1. The van der Waals surface area contributed by atoms with E-state index in [1.54, 1.807) is 32.0 Å². The van der Waals surface area contributed by atoms with E-state index >= 15 is 0 Å². The zero-order valence-corrected chi connectivity index (χ0v) is 16.7. The first-order valence-electron chi connectivity index (χ1n) is 8.05. The summed E-state index contributed by atoms with van der Waals surface area (Å²) in [7, 11) is -3.66. The summed E-state index contributed by atoms with van der Waals surface area (Å²) < 4.78 is 26.0. The molecule has 1 aromatic carbocycles. The number of amides is 1. The average molecular weight is 375 g/mol. The van der Waals surface area contributed by atoms with Crippen LogP contribution in [0.5, 0.6) is 0 Å². The van der Waals surface area contributed by atoms with Gasteiger partial charge in [0.1, 0.15) is 6.04 Å². The molecule has 1 amide bonds. The molecule has 0 spiro atoms. The third kappa shape index (κ3) is 5.11. The predicted octanol–water partition coefficient (Wildman–Crippen LogP) is 3.35. The molecule has 2 atom stereocenters. The van der Waals surface area contributed by atoms with E-state index in [9.17, 15) is 13.2 Å². The van der Waals surface area contributed by atoms with Crippen LogP contribution in [0.1, 0.15) is 39.7 Å². The molecular formula is C17H27ClN2O3S. The molecule has 0 bridgehead atoms. The van der Waals surface area contributed by atoms with Crippen molar-refractivity contribution in [2.75, 3.05) is 10.6 Å².